The molecule has 0 aromatic heterocycles. The van der Waals surface area contributed by atoms with Crippen LogP contribution in [0.5, 0.6) is 0 Å². The third-order valence-corrected chi connectivity index (χ3v) is 4.35. The number of hydrogen-bond donors (Lipinski definition) is 0. The molecule has 0 bridgehead atoms. The van der Waals surface area contributed by atoms with E-state index in [-0.39, 0.29) is 0 Å². The molecule has 0 saturated heterocycles. The van der Waals surface area contributed by atoms with E-state index < -0.39 is 0 Å². The molecular formula is C7H16Te. The SMILES string of the molecule is CCCC[Te]C(C)C. The fourth-order valence-electron chi connectivity index (χ4n) is 0.463. The van der Waals surface area contributed by atoms with E-state index >= 15 is 0 Å². The molecule has 0 nitrogen and oxygen atoms in total. The minimum absolute atomic E-state index is 0.404. The van der Waals surface area contributed by atoms with Crippen molar-refractivity contribution >= 4 is 20.9 Å². The van der Waals surface area contributed by atoms with Gasteiger partial charge in [0, 0.05) is 0 Å². The summed E-state index contributed by atoms with van der Waals surface area (Å²) in [6.07, 6.45) is 2.86. The molecule has 0 aromatic carbocycles. The molecule has 0 saturated carbocycles. The van der Waals surface area contributed by atoms with Crippen LogP contribution in [0, 0.1) is 0 Å². The van der Waals surface area contributed by atoms with E-state index in [9.17, 15) is 0 Å². The molecule has 0 unspecified atom stereocenters. The molecule has 0 atom stereocenters. The summed E-state index contributed by atoms with van der Waals surface area (Å²) in [7, 11) is 0. The van der Waals surface area contributed by atoms with Gasteiger partial charge in [-0.15, -0.1) is 0 Å². The Morgan fingerprint density at radius 2 is 2.00 bits per heavy atom. The van der Waals surface area contributed by atoms with Crippen LogP contribution in [0.25, 0.3) is 0 Å². The van der Waals surface area contributed by atoms with Gasteiger partial charge in [0.15, 0.2) is 0 Å². The standard InChI is InChI=1S/C7H16Te/c1-4-5-6-8-7(2)3/h7H,4-6H2,1-3H3. The van der Waals surface area contributed by atoms with Crippen molar-refractivity contribution in [2.75, 3.05) is 0 Å². The van der Waals surface area contributed by atoms with Gasteiger partial charge < -0.3 is 0 Å². The van der Waals surface area contributed by atoms with Crippen molar-refractivity contribution in [3.63, 3.8) is 0 Å². The molecular weight excluding hydrogens is 212 g/mol. The summed E-state index contributed by atoms with van der Waals surface area (Å²) in [4.78, 5) is 0. The molecule has 0 aliphatic heterocycles. The summed E-state index contributed by atoms with van der Waals surface area (Å²) in [5.74, 6) is 0. The van der Waals surface area contributed by atoms with Gasteiger partial charge in [-0.25, -0.2) is 0 Å². The summed E-state index contributed by atoms with van der Waals surface area (Å²) in [6.45, 7) is 6.96. The zero-order chi connectivity index (χ0) is 6.41. The third kappa shape index (κ3) is 6.79. The van der Waals surface area contributed by atoms with Crippen molar-refractivity contribution in [2.24, 2.45) is 0 Å². The van der Waals surface area contributed by atoms with Crippen LogP contribution in [-0.2, 0) is 0 Å². The molecule has 0 spiro atoms. The first-order chi connectivity index (χ1) is 3.77. The molecule has 0 rings (SSSR count). The molecule has 0 heterocycles. The summed E-state index contributed by atoms with van der Waals surface area (Å²) in [5.41, 5.74) is 0. The predicted octanol–water partition coefficient (Wildman–Crippen LogP) is 2.74. The van der Waals surface area contributed by atoms with E-state index in [4.69, 9.17) is 0 Å². The molecule has 0 radical (unpaired) electrons. The summed E-state index contributed by atoms with van der Waals surface area (Å²) < 4.78 is 2.59. The van der Waals surface area contributed by atoms with Gasteiger partial charge >= 0.3 is 63.0 Å². The molecule has 0 aliphatic carbocycles. The zero-order valence-corrected chi connectivity index (χ0v) is 8.44. The van der Waals surface area contributed by atoms with E-state index in [0.29, 0.717) is 20.9 Å². The molecule has 50 valence electrons. The molecule has 0 aliphatic rings. The van der Waals surface area contributed by atoms with Crippen LogP contribution in [-0.4, -0.2) is 20.9 Å². The van der Waals surface area contributed by atoms with Gasteiger partial charge in [0.2, 0.25) is 0 Å². The monoisotopic (exact) mass is 230 g/mol. The molecule has 1 heteroatoms. The third-order valence-electron chi connectivity index (χ3n) is 0.949. The van der Waals surface area contributed by atoms with Crippen molar-refractivity contribution < 1.29 is 0 Å². The van der Waals surface area contributed by atoms with Gasteiger partial charge in [-0.1, -0.05) is 0 Å². The first kappa shape index (κ1) is 8.79. The van der Waals surface area contributed by atoms with Crippen molar-refractivity contribution in [1.29, 1.82) is 0 Å². The molecule has 0 fully saturated rings. The summed E-state index contributed by atoms with van der Waals surface area (Å²) >= 11 is 0.404. The van der Waals surface area contributed by atoms with E-state index in [1.807, 2.05) is 0 Å². The van der Waals surface area contributed by atoms with Crippen LogP contribution in [0.1, 0.15) is 33.6 Å². The van der Waals surface area contributed by atoms with Gasteiger partial charge in [-0.05, 0) is 0 Å². The Hall–Kier alpha value is 0.790. The van der Waals surface area contributed by atoms with Crippen LogP contribution < -0.4 is 0 Å². The first-order valence-corrected chi connectivity index (χ1v) is 6.38. The topological polar surface area (TPSA) is 0 Å². The zero-order valence-electron chi connectivity index (χ0n) is 6.11. The molecule has 0 amide bonds. The van der Waals surface area contributed by atoms with E-state index in [1.165, 1.54) is 12.8 Å². The predicted molar refractivity (Wildman–Crippen MR) is 40.6 cm³/mol. The van der Waals surface area contributed by atoms with Crippen LogP contribution in [0.15, 0.2) is 0 Å². The van der Waals surface area contributed by atoms with Crippen molar-refractivity contribution in [3.8, 4) is 0 Å². The maximum atomic E-state index is 2.35. The summed E-state index contributed by atoms with van der Waals surface area (Å²) in [6, 6.07) is 0. The second-order valence-electron chi connectivity index (χ2n) is 2.27. The maximum absolute atomic E-state index is 2.35. The Balaban J connectivity index is 2.72. The van der Waals surface area contributed by atoms with Crippen molar-refractivity contribution in [2.45, 2.75) is 42.0 Å². The second kappa shape index (κ2) is 5.92. The van der Waals surface area contributed by atoms with Crippen LogP contribution in [0.4, 0.5) is 0 Å². The van der Waals surface area contributed by atoms with Gasteiger partial charge in [-0.3, -0.25) is 0 Å². The molecule has 8 heavy (non-hydrogen) atoms. The minimum atomic E-state index is 0.404. The Bertz CT molecular complexity index is 41.7. The molecule has 0 aromatic rings. The van der Waals surface area contributed by atoms with Crippen LogP contribution in [0.3, 0.4) is 0 Å². The fraction of sp³-hybridized carbons (Fsp3) is 1.00. The van der Waals surface area contributed by atoms with Gasteiger partial charge in [0.05, 0.1) is 0 Å². The first-order valence-electron chi connectivity index (χ1n) is 3.39. The Kier molecular flexibility index (Phi) is 6.50. The number of unbranched alkanes of at least 4 members (excludes halogenated alkanes) is 1. The Labute approximate surface area is 63.1 Å². The van der Waals surface area contributed by atoms with Crippen LogP contribution >= 0.6 is 0 Å². The van der Waals surface area contributed by atoms with E-state index in [1.54, 1.807) is 4.47 Å². The Morgan fingerprint density at radius 3 is 2.38 bits per heavy atom. The van der Waals surface area contributed by atoms with Gasteiger partial charge in [-0.2, -0.15) is 0 Å². The average molecular weight is 228 g/mol. The Morgan fingerprint density at radius 1 is 1.38 bits per heavy atom. The normalized spacial score (nSPS) is 10.5. The number of hydrogen-bond acceptors (Lipinski definition) is 0. The van der Waals surface area contributed by atoms with Gasteiger partial charge in [0.1, 0.15) is 0 Å². The van der Waals surface area contributed by atoms with Crippen LogP contribution in [0.2, 0.25) is 8.43 Å². The van der Waals surface area contributed by atoms with Gasteiger partial charge in [0.25, 0.3) is 0 Å². The number of rotatable bonds is 4. The molecule has 0 N–H and O–H groups in total. The quantitative estimate of drug-likeness (QED) is 0.512. The average Bonchev–Trinajstić information content (AvgIpc) is 1.66. The van der Waals surface area contributed by atoms with E-state index in [0.717, 1.165) is 3.97 Å². The summed E-state index contributed by atoms with van der Waals surface area (Å²) in [5, 5.41) is 0. The van der Waals surface area contributed by atoms with Crippen molar-refractivity contribution in [1.82, 2.24) is 0 Å². The second-order valence-corrected chi connectivity index (χ2v) is 7.08. The fourth-order valence-corrected chi connectivity index (χ4v) is 3.11. The van der Waals surface area contributed by atoms with E-state index in [2.05, 4.69) is 20.8 Å². The van der Waals surface area contributed by atoms with Crippen molar-refractivity contribution in [3.05, 3.63) is 0 Å².